The summed E-state index contributed by atoms with van der Waals surface area (Å²) in [6.07, 6.45) is 0.447. The van der Waals surface area contributed by atoms with E-state index < -0.39 is 0 Å². The van der Waals surface area contributed by atoms with Crippen molar-refractivity contribution in [2.45, 2.75) is 25.5 Å². The maximum Gasteiger partial charge on any atom is 0.319 e. The summed E-state index contributed by atoms with van der Waals surface area (Å²) in [4.78, 5) is 13.2. The van der Waals surface area contributed by atoms with Crippen LogP contribution in [0.5, 0.6) is 0 Å². The zero-order chi connectivity index (χ0) is 16.7. The number of aliphatic hydroxyl groups excluding tert-OH is 1. The van der Waals surface area contributed by atoms with Crippen molar-refractivity contribution in [1.29, 1.82) is 0 Å². The van der Waals surface area contributed by atoms with Gasteiger partial charge in [-0.3, -0.25) is 0 Å². The first kappa shape index (κ1) is 17.5. The van der Waals surface area contributed by atoms with Crippen LogP contribution in [0, 0.1) is 0 Å². The van der Waals surface area contributed by atoms with Crippen LogP contribution in [-0.4, -0.2) is 24.9 Å². The lowest BCUT2D eigenvalue weighted by Gasteiger charge is -2.17. The summed E-state index contributed by atoms with van der Waals surface area (Å²) in [5.41, 5.74) is 1.70. The Morgan fingerprint density at radius 2 is 2.17 bits per heavy atom. The van der Waals surface area contributed by atoms with Gasteiger partial charge in [0.25, 0.3) is 0 Å². The molecule has 0 saturated heterocycles. The molecule has 2 rings (SSSR count). The van der Waals surface area contributed by atoms with Gasteiger partial charge < -0.3 is 20.5 Å². The highest BCUT2D eigenvalue weighted by Gasteiger charge is 2.15. The Morgan fingerprint density at radius 1 is 1.35 bits per heavy atom. The molecule has 0 unspecified atom stereocenters. The molecule has 0 saturated carbocycles. The minimum atomic E-state index is -0.293. The maximum absolute atomic E-state index is 12.2. The van der Waals surface area contributed by atoms with Crippen molar-refractivity contribution in [1.82, 2.24) is 5.32 Å². The molecule has 0 aliphatic heterocycles. The van der Waals surface area contributed by atoms with Crippen molar-refractivity contribution in [3.8, 4) is 0 Å². The van der Waals surface area contributed by atoms with E-state index >= 15 is 0 Å². The van der Waals surface area contributed by atoms with Gasteiger partial charge in [0.15, 0.2) is 0 Å². The summed E-state index contributed by atoms with van der Waals surface area (Å²) < 4.78 is 5.29. The molecular weight excluding hydrogens is 312 g/mol. The van der Waals surface area contributed by atoms with E-state index in [1.807, 2.05) is 48.7 Å². The molecule has 0 bridgehead atoms. The summed E-state index contributed by atoms with van der Waals surface area (Å²) in [7, 11) is 1.65. The lowest BCUT2D eigenvalue weighted by atomic mass is 10.1. The molecule has 5 nitrogen and oxygen atoms in total. The van der Waals surface area contributed by atoms with Gasteiger partial charge in [0.05, 0.1) is 12.1 Å². The summed E-state index contributed by atoms with van der Waals surface area (Å²) in [5.74, 6) is 0. The van der Waals surface area contributed by atoms with E-state index in [1.54, 1.807) is 18.4 Å². The molecule has 0 aliphatic carbocycles. The standard InChI is InChI=1S/C17H22N2O3S/c1-12(22-2)13-5-3-6-14(11-13)18-17(21)19-15(8-9-20)16-7-4-10-23-16/h3-7,10-12,15,20H,8-9H2,1-2H3,(H2,18,19,21)/t12-,15+/m0/s1. The molecule has 23 heavy (non-hydrogen) atoms. The van der Waals surface area contributed by atoms with Gasteiger partial charge >= 0.3 is 6.03 Å². The SMILES string of the molecule is CO[C@@H](C)c1cccc(NC(=O)N[C@H](CCO)c2cccs2)c1. The highest BCUT2D eigenvalue weighted by Crippen LogP contribution is 2.23. The highest BCUT2D eigenvalue weighted by molar-refractivity contribution is 7.10. The Labute approximate surface area is 140 Å². The van der Waals surface area contributed by atoms with Crippen LogP contribution >= 0.6 is 11.3 Å². The number of nitrogens with one attached hydrogen (secondary N) is 2. The molecule has 6 heteroatoms. The minimum Gasteiger partial charge on any atom is -0.396 e. The number of carbonyl (C=O) groups excluding carboxylic acids is 1. The first-order valence-electron chi connectivity index (χ1n) is 7.48. The Balaban J connectivity index is 2.01. The van der Waals surface area contributed by atoms with Crippen molar-refractivity contribution in [2.75, 3.05) is 19.0 Å². The Morgan fingerprint density at radius 3 is 2.83 bits per heavy atom. The molecule has 1 heterocycles. The van der Waals surface area contributed by atoms with Crippen LogP contribution in [0.2, 0.25) is 0 Å². The maximum atomic E-state index is 12.2. The molecule has 1 aromatic heterocycles. The van der Waals surface area contributed by atoms with Crippen LogP contribution in [0.1, 0.15) is 35.9 Å². The summed E-state index contributed by atoms with van der Waals surface area (Å²) >= 11 is 1.56. The quantitative estimate of drug-likeness (QED) is 0.723. The van der Waals surface area contributed by atoms with Crippen LogP contribution in [0.4, 0.5) is 10.5 Å². The molecule has 0 fully saturated rings. The van der Waals surface area contributed by atoms with Crippen LogP contribution in [-0.2, 0) is 4.74 Å². The smallest absolute Gasteiger partial charge is 0.319 e. The Kier molecular flexibility index (Phi) is 6.58. The third kappa shape index (κ3) is 5.06. The first-order chi connectivity index (χ1) is 11.1. The second kappa shape index (κ2) is 8.67. The van der Waals surface area contributed by atoms with E-state index in [4.69, 9.17) is 4.74 Å². The molecule has 1 aromatic carbocycles. The monoisotopic (exact) mass is 334 g/mol. The molecule has 0 aliphatic rings. The third-order valence-electron chi connectivity index (χ3n) is 3.58. The second-order valence-corrected chi connectivity index (χ2v) is 6.16. The van der Waals surface area contributed by atoms with Crippen molar-refractivity contribution in [3.05, 3.63) is 52.2 Å². The van der Waals surface area contributed by atoms with Gasteiger partial charge in [-0.25, -0.2) is 4.79 Å². The average Bonchev–Trinajstić information content (AvgIpc) is 3.08. The number of urea groups is 1. The van der Waals surface area contributed by atoms with Crippen molar-refractivity contribution in [3.63, 3.8) is 0 Å². The minimum absolute atomic E-state index is 0.0175. The fourth-order valence-electron chi connectivity index (χ4n) is 2.23. The normalized spacial score (nSPS) is 13.3. The predicted molar refractivity (Wildman–Crippen MR) is 92.8 cm³/mol. The molecule has 2 amide bonds. The van der Waals surface area contributed by atoms with Crippen molar-refractivity contribution >= 4 is 23.1 Å². The van der Waals surface area contributed by atoms with Gasteiger partial charge in [-0.05, 0) is 42.5 Å². The summed E-state index contributed by atoms with van der Waals surface area (Å²) in [6, 6.07) is 11.0. The number of methoxy groups -OCH3 is 1. The van der Waals surface area contributed by atoms with Gasteiger partial charge in [-0.2, -0.15) is 0 Å². The highest BCUT2D eigenvalue weighted by atomic mass is 32.1. The van der Waals surface area contributed by atoms with Crippen LogP contribution in [0.15, 0.2) is 41.8 Å². The predicted octanol–water partition coefficient (Wildman–Crippen LogP) is 3.70. The molecule has 0 spiro atoms. The van der Waals surface area contributed by atoms with E-state index in [0.717, 1.165) is 10.4 Å². The van der Waals surface area contributed by atoms with Crippen LogP contribution < -0.4 is 10.6 Å². The lowest BCUT2D eigenvalue weighted by Crippen LogP contribution is -2.32. The molecule has 3 N–H and O–H groups in total. The number of hydrogen-bond acceptors (Lipinski definition) is 4. The number of ether oxygens (including phenoxy) is 1. The van der Waals surface area contributed by atoms with E-state index in [1.165, 1.54) is 0 Å². The number of rotatable bonds is 7. The van der Waals surface area contributed by atoms with Gasteiger partial charge in [-0.1, -0.05) is 18.2 Å². The van der Waals surface area contributed by atoms with Gasteiger partial charge in [0.1, 0.15) is 0 Å². The molecule has 124 valence electrons. The van der Waals surface area contributed by atoms with Crippen molar-refractivity contribution in [2.24, 2.45) is 0 Å². The Hall–Kier alpha value is -1.89. The first-order valence-corrected chi connectivity index (χ1v) is 8.36. The van der Waals surface area contributed by atoms with E-state index in [0.29, 0.717) is 12.1 Å². The van der Waals surface area contributed by atoms with Gasteiger partial charge in [0, 0.05) is 24.3 Å². The zero-order valence-electron chi connectivity index (χ0n) is 13.3. The van der Waals surface area contributed by atoms with Crippen LogP contribution in [0.3, 0.4) is 0 Å². The molecule has 2 atom stereocenters. The zero-order valence-corrected chi connectivity index (χ0v) is 14.1. The third-order valence-corrected chi connectivity index (χ3v) is 4.56. The van der Waals surface area contributed by atoms with Gasteiger partial charge in [0.2, 0.25) is 0 Å². The number of carbonyl (C=O) groups is 1. The average molecular weight is 334 g/mol. The van der Waals surface area contributed by atoms with E-state index in [-0.39, 0.29) is 24.8 Å². The molecule has 0 radical (unpaired) electrons. The second-order valence-electron chi connectivity index (χ2n) is 5.18. The number of thiophene rings is 1. The molecular formula is C17H22N2O3S. The van der Waals surface area contributed by atoms with E-state index in [2.05, 4.69) is 10.6 Å². The summed E-state index contributed by atoms with van der Waals surface area (Å²) in [5, 5.41) is 16.9. The number of aliphatic hydroxyl groups is 1. The number of amides is 2. The molecule has 2 aromatic rings. The van der Waals surface area contributed by atoms with Crippen molar-refractivity contribution < 1.29 is 14.6 Å². The topological polar surface area (TPSA) is 70.6 Å². The Bertz CT molecular complexity index is 616. The lowest BCUT2D eigenvalue weighted by molar-refractivity contribution is 0.119. The van der Waals surface area contributed by atoms with E-state index in [9.17, 15) is 9.90 Å². The van der Waals surface area contributed by atoms with Gasteiger partial charge in [-0.15, -0.1) is 11.3 Å². The fraction of sp³-hybridized carbons (Fsp3) is 0.353. The largest absolute Gasteiger partial charge is 0.396 e. The number of hydrogen-bond donors (Lipinski definition) is 3. The summed E-state index contributed by atoms with van der Waals surface area (Å²) in [6.45, 7) is 1.97. The number of benzene rings is 1. The number of anilines is 1. The fourth-order valence-corrected chi connectivity index (χ4v) is 3.05. The van der Waals surface area contributed by atoms with Crippen LogP contribution in [0.25, 0.3) is 0 Å².